The molecule has 0 spiro atoms. The van der Waals surface area contributed by atoms with Crippen LogP contribution in [0.5, 0.6) is 0 Å². The van der Waals surface area contributed by atoms with E-state index in [0.29, 0.717) is 11.4 Å². The number of likely N-dealkylation sites (N-methyl/N-ethyl adjacent to an activating group) is 1. The highest BCUT2D eigenvalue weighted by atomic mass is 35.5. The van der Waals surface area contributed by atoms with E-state index in [1.165, 1.54) is 24.0 Å². The molecule has 2 aromatic rings. The van der Waals surface area contributed by atoms with Crippen molar-refractivity contribution >= 4 is 34.7 Å². The van der Waals surface area contributed by atoms with Gasteiger partial charge in [-0.1, -0.05) is 35.3 Å². The van der Waals surface area contributed by atoms with Crippen molar-refractivity contribution < 1.29 is 4.79 Å². The van der Waals surface area contributed by atoms with Crippen molar-refractivity contribution in [1.29, 1.82) is 0 Å². The van der Waals surface area contributed by atoms with Gasteiger partial charge in [0.1, 0.15) is 5.70 Å². The van der Waals surface area contributed by atoms with Crippen molar-refractivity contribution in [3.63, 3.8) is 0 Å². The third-order valence-electron chi connectivity index (χ3n) is 6.39. The normalized spacial score (nSPS) is 21.6. The van der Waals surface area contributed by atoms with E-state index in [9.17, 15) is 4.79 Å². The van der Waals surface area contributed by atoms with E-state index in [-0.39, 0.29) is 11.7 Å². The number of rotatable bonds is 4. The molecule has 0 unspecified atom stereocenters. The van der Waals surface area contributed by atoms with Crippen LogP contribution in [0.25, 0.3) is 0 Å². The highest BCUT2D eigenvalue weighted by Crippen LogP contribution is 2.39. The third kappa shape index (κ3) is 3.62. The van der Waals surface area contributed by atoms with Gasteiger partial charge in [0.05, 0.1) is 12.1 Å². The van der Waals surface area contributed by atoms with E-state index in [0.717, 1.165) is 53.8 Å². The van der Waals surface area contributed by atoms with Crippen LogP contribution in [0.15, 0.2) is 47.8 Å². The number of carbonyl (C=O) groups is 1. The van der Waals surface area contributed by atoms with Gasteiger partial charge in [0.25, 0.3) is 0 Å². The molecule has 6 heteroatoms. The van der Waals surface area contributed by atoms with Crippen molar-refractivity contribution in [2.75, 3.05) is 32.0 Å². The molecule has 1 aliphatic carbocycles. The van der Waals surface area contributed by atoms with Gasteiger partial charge < -0.3 is 15.1 Å². The number of nitrogens with one attached hydrogen (secondary N) is 1. The summed E-state index contributed by atoms with van der Waals surface area (Å²) in [6.45, 7) is 3.71. The maximum Gasteiger partial charge on any atom is 0.186 e. The number of anilines is 1. The van der Waals surface area contributed by atoms with Crippen molar-refractivity contribution in [1.82, 2.24) is 9.80 Å². The molecular weight excluding hydrogens is 417 g/mol. The molecular formula is C24H25Cl2N3O. The number of allylic oxidation sites excluding steroid dienone is 2. The summed E-state index contributed by atoms with van der Waals surface area (Å²) in [6.07, 6.45) is 2.83. The molecule has 0 saturated carbocycles. The van der Waals surface area contributed by atoms with Gasteiger partial charge in [0.15, 0.2) is 5.78 Å². The largest absolute Gasteiger partial charge is 0.367 e. The first-order chi connectivity index (χ1) is 14.5. The van der Waals surface area contributed by atoms with Crippen LogP contribution in [-0.4, -0.2) is 42.3 Å². The van der Waals surface area contributed by atoms with Crippen LogP contribution in [0.2, 0.25) is 10.0 Å². The molecule has 4 nitrogen and oxygen atoms in total. The Balaban J connectivity index is 1.46. The number of benzene rings is 2. The number of halogens is 2. The summed E-state index contributed by atoms with van der Waals surface area (Å²) >= 11 is 12.9. The Labute approximate surface area is 187 Å². The van der Waals surface area contributed by atoms with Gasteiger partial charge in [0.2, 0.25) is 0 Å². The van der Waals surface area contributed by atoms with Crippen LogP contribution in [0.1, 0.15) is 41.9 Å². The second-order valence-corrected chi connectivity index (χ2v) is 9.42. The number of hydrogen-bond acceptors (Lipinski definition) is 4. The van der Waals surface area contributed by atoms with Gasteiger partial charge in [-0.25, -0.2) is 0 Å². The van der Waals surface area contributed by atoms with Crippen LogP contribution in [0.4, 0.5) is 5.69 Å². The molecule has 2 aliphatic heterocycles. The smallest absolute Gasteiger partial charge is 0.186 e. The van der Waals surface area contributed by atoms with E-state index in [2.05, 4.69) is 52.5 Å². The maximum absolute atomic E-state index is 12.2. The van der Waals surface area contributed by atoms with Crippen LogP contribution in [0, 0.1) is 0 Å². The molecule has 1 saturated heterocycles. The fourth-order valence-electron chi connectivity index (χ4n) is 4.94. The highest BCUT2D eigenvalue weighted by molar-refractivity contribution is 6.35. The Morgan fingerprint density at radius 2 is 1.90 bits per heavy atom. The first kappa shape index (κ1) is 19.9. The summed E-state index contributed by atoms with van der Waals surface area (Å²) in [5.41, 5.74) is 6.54. The van der Waals surface area contributed by atoms with Crippen molar-refractivity contribution in [2.45, 2.75) is 31.7 Å². The van der Waals surface area contributed by atoms with Gasteiger partial charge in [-0.2, -0.15) is 0 Å². The van der Waals surface area contributed by atoms with Gasteiger partial charge in [-0.3, -0.25) is 4.79 Å². The van der Waals surface area contributed by atoms with E-state index in [4.69, 9.17) is 23.2 Å². The molecule has 1 fully saturated rings. The first-order valence-electron chi connectivity index (χ1n) is 10.5. The number of likely N-dealkylation sites (tertiary alicyclic amines) is 1. The standard InChI is InChI=1S/C24H25Cl2N3O/c1-28-13-19(18-10-16(25)11-21(26)20(18)14-28)15-5-4-6-17(9-15)27-22-12-23(30)24(22)29-7-2-3-8-29/h4-6,9-11,19,27H,2-3,7-8,12-14H2,1H3/t19-/m0/s1. The minimum absolute atomic E-state index is 0.201. The number of fused-ring (bicyclic) bond motifs is 1. The summed E-state index contributed by atoms with van der Waals surface area (Å²) in [5.74, 6) is 0.453. The maximum atomic E-state index is 12.2. The summed E-state index contributed by atoms with van der Waals surface area (Å²) in [7, 11) is 2.12. The minimum atomic E-state index is 0.201. The van der Waals surface area contributed by atoms with Crippen molar-refractivity contribution in [3.8, 4) is 0 Å². The second-order valence-electron chi connectivity index (χ2n) is 8.58. The summed E-state index contributed by atoms with van der Waals surface area (Å²) in [4.78, 5) is 16.7. The Morgan fingerprint density at radius 1 is 1.10 bits per heavy atom. The fourth-order valence-corrected chi connectivity index (χ4v) is 5.51. The lowest BCUT2D eigenvalue weighted by Crippen LogP contribution is -2.35. The van der Waals surface area contributed by atoms with Gasteiger partial charge in [-0.05, 0) is 60.8 Å². The lowest BCUT2D eigenvalue weighted by atomic mass is 9.84. The number of nitrogens with zero attached hydrogens (tertiary/aromatic N) is 2. The zero-order chi connectivity index (χ0) is 20.8. The molecule has 156 valence electrons. The minimum Gasteiger partial charge on any atom is -0.367 e. The molecule has 0 radical (unpaired) electrons. The lowest BCUT2D eigenvalue weighted by Gasteiger charge is -2.34. The Morgan fingerprint density at radius 3 is 2.67 bits per heavy atom. The van der Waals surface area contributed by atoms with E-state index in [1.807, 2.05) is 6.07 Å². The Kier molecular flexibility index (Phi) is 5.26. The monoisotopic (exact) mass is 441 g/mol. The number of hydrogen-bond donors (Lipinski definition) is 1. The molecule has 5 rings (SSSR count). The average Bonchev–Trinajstić information content (AvgIpc) is 3.21. The summed E-state index contributed by atoms with van der Waals surface area (Å²) in [6, 6.07) is 12.4. The van der Waals surface area contributed by atoms with Crippen molar-refractivity contribution in [3.05, 3.63) is 74.5 Å². The number of Topliss-reactive ketones (excluding diaryl/α,β-unsaturated/α-hetero) is 1. The predicted molar refractivity (Wildman–Crippen MR) is 122 cm³/mol. The molecule has 2 aromatic carbocycles. The molecule has 3 aliphatic rings. The molecule has 0 aromatic heterocycles. The van der Waals surface area contributed by atoms with Gasteiger partial charge >= 0.3 is 0 Å². The average molecular weight is 442 g/mol. The summed E-state index contributed by atoms with van der Waals surface area (Å²) < 4.78 is 0. The van der Waals surface area contributed by atoms with E-state index >= 15 is 0 Å². The Hall–Kier alpha value is -2.01. The predicted octanol–water partition coefficient (Wildman–Crippen LogP) is 5.26. The van der Waals surface area contributed by atoms with Crippen LogP contribution in [-0.2, 0) is 11.3 Å². The molecule has 1 N–H and O–H groups in total. The molecule has 1 atom stereocenters. The molecule has 0 amide bonds. The zero-order valence-electron chi connectivity index (χ0n) is 17.0. The zero-order valence-corrected chi connectivity index (χ0v) is 18.6. The SMILES string of the molecule is CN1Cc2c(Cl)cc(Cl)cc2[C@H](c2cccc(NC3=C(N4CCCC4)C(=O)C3)c2)C1. The van der Waals surface area contributed by atoms with Gasteiger partial charge in [0, 0.05) is 47.8 Å². The van der Waals surface area contributed by atoms with Crippen LogP contribution < -0.4 is 5.32 Å². The van der Waals surface area contributed by atoms with E-state index in [1.54, 1.807) is 0 Å². The second kappa shape index (κ2) is 7.92. The first-order valence-corrected chi connectivity index (χ1v) is 11.3. The Bertz CT molecular complexity index is 1040. The van der Waals surface area contributed by atoms with E-state index < -0.39 is 0 Å². The number of ketones is 1. The van der Waals surface area contributed by atoms with Crippen LogP contribution in [0.3, 0.4) is 0 Å². The number of carbonyl (C=O) groups excluding carboxylic acids is 1. The third-order valence-corrected chi connectivity index (χ3v) is 6.94. The molecule has 2 heterocycles. The molecule has 30 heavy (non-hydrogen) atoms. The van der Waals surface area contributed by atoms with Gasteiger partial charge in [-0.15, -0.1) is 0 Å². The fraction of sp³-hybridized carbons (Fsp3) is 0.375. The topological polar surface area (TPSA) is 35.6 Å². The van der Waals surface area contributed by atoms with Crippen LogP contribution >= 0.6 is 23.2 Å². The highest BCUT2D eigenvalue weighted by Gasteiger charge is 2.33. The lowest BCUT2D eigenvalue weighted by molar-refractivity contribution is -0.118. The molecule has 0 bridgehead atoms. The quantitative estimate of drug-likeness (QED) is 0.701. The summed E-state index contributed by atoms with van der Waals surface area (Å²) in [5, 5.41) is 4.93. The van der Waals surface area contributed by atoms with Crippen molar-refractivity contribution in [2.24, 2.45) is 0 Å².